The topological polar surface area (TPSA) is 67.9 Å². The highest BCUT2D eigenvalue weighted by atomic mass is 16.5. The lowest BCUT2D eigenvalue weighted by Gasteiger charge is -2.36. The minimum Gasteiger partial charge on any atom is -0.493 e. The molecule has 2 aromatic rings. The van der Waals surface area contributed by atoms with E-state index in [9.17, 15) is 9.59 Å². The summed E-state index contributed by atoms with van der Waals surface area (Å²) in [6.07, 6.45) is 3.57. The van der Waals surface area contributed by atoms with Crippen LogP contribution in [0.25, 0.3) is 0 Å². The highest BCUT2D eigenvalue weighted by molar-refractivity contribution is 6.01. The fraction of sp³-hybridized carbons (Fsp3) is 0.333. The van der Waals surface area contributed by atoms with Crippen molar-refractivity contribution in [3.8, 4) is 11.5 Å². The van der Waals surface area contributed by atoms with Gasteiger partial charge < -0.3 is 19.7 Å². The second-order valence-electron chi connectivity index (χ2n) is 7.46. The summed E-state index contributed by atoms with van der Waals surface area (Å²) >= 11 is 0. The van der Waals surface area contributed by atoms with Gasteiger partial charge in [0.15, 0.2) is 11.5 Å². The predicted octanol–water partition coefficient (Wildman–Crippen LogP) is 4.48. The number of fused-ring (bicyclic) bond motifs is 2. The van der Waals surface area contributed by atoms with Crippen LogP contribution in [0, 0.1) is 5.92 Å². The summed E-state index contributed by atoms with van der Waals surface area (Å²) in [6, 6.07) is 12.8. The maximum atomic E-state index is 13.2. The van der Waals surface area contributed by atoms with E-state index >= 15 is 0 Å². The number of ketones is 1. The number of hydrogen-bond acceptors (Lipinski definition) is 5. The van der Waals surface area contributed by atoms with Crippen LogP contribution >= 0.6 is 0 Å². The quantitative estimate of drug-likeness (QED) is 0.811. The molecule has 0 aromatic heterocycles. The summed E-state index contributed by atoms with van der Waals surface area (Å²) < 4.78 is 10.9. The lowest BCUT2D eigenvalue weighted by atomic mass is 9.81. The molecular weight excluding hydrogens is 380 g/mol. The van der Waals surface area contributed by atoms with Crippen LogP contribution in [0.15, 0.2) is 54.2 Å². The fourth-order valence-electron chi connectivity index (χ4n) is 4.38. The SMILES string of the molecule is CCC(=O)N1c2ccccc2NC2=CCCC(=O)[C@@H]2[C@@H]1c1ccc(OC)c(OC)c1. The highest BCUT2D eigenvalue weighted by Crippen LogP contribution is 2.47. The normalized spacial score (nSPS) is 20.3. The van der Waals surface area contributed by atoms with Crippen molar-refractivity contribution in [2.75, 3.05) is 24.4 Å². The standard InChI is InChI=1S/C24H26N2O4/c1-4-22(28)26-18-10-6-5-8-16(18)25-17-9-7-11-19(27)23(17)24(26)15-12-13-20(29-2)21(14-15)30-3/h5-6,8-10,12-14,23-25H,4,7,11H2,1-3H3/t23-,24+/m1/s1. The average molecular weight is 406 g/mol. The summed E-state index contributed by atoms with van der Waals surface area (Å²) in [5, 5.41) is 3.44. The minimum absolute atomic E-state index is 0.0383. The number of benzene rings is 2. The van der Waals surface area contributed by atoms with Crippen LogP contribution in [0.4, 0.5) is 11.4 Å². The maximum Gasteiger partial charge on any atom is 0.227 e. The Balaban J connectivity index is 1.97. The molecule has 156 valence electrons. The van der Waals surface area contributed by atoms with Crippen molar-refractivity contribution in [3.05, 3.63) is 59.8 Å². The van der Waals surface area contributed by atoms with Crippen molar-refractivity contribution in [1.29, 1.82) is 0 Å². The van der Waals surface area contributed by atoms with E-state index in [-0.39, 0.29) is 11.7 Å². The number of hydrogen-bond donors (Lipinski definition) is 1. The van der Waals surface area contributed by atoms with Crippen LogP contribution < -0.4 is 19.7 Å². The van der Waals surface area contributed by atoms with Gasteiger partial charge in [0.1, 0.15) is 5.78 Å². The summed E-state index contributed by atoms with van der Waals surface area (Å²) in [5.74, 6) is 0.788. The van der Waals surface area contributed by atoms with Gasteiger partial charge in [-0.1, -0.05) is 31.2 Å². The lowest BCUT2D eigenvalue weighted by molar-refractivity contribution is -0.123. The Morgan fingerprint density at radius 1 is 1.13 bits per heavy atom. The molecule has 1 N–H and O–H groups in total. The number of carbonyl (C=O) groups excluding carboxylic acids is 2. The van der Waals surface area contributed by atoms with Crippen LogP contribution in [0.1, 0.15) is 37.8 Å². The molecule has 0 bridgehead atoms. The molecule has 0 fully saturated rings. The van der Waals surface area contributed by atoms with E-state index in [0.717, 1.165) is 22.6 Å². The molecule has 0 unspecified atom stereocenters. The third-order valence-electron chi connectivity index (χ3n) is 5.79. The lowest BCUT2D eigenvalue weighted by Crippen LogP contribution is -2.41. The molecule has 2 atom stereocenters. The van der Waals surface area contributed by atoms with Gasteiger partial charge in [-0.3, -0.25) is 9.59 Å². The number of ether oxygens (including phenoxy) is 2. The van der Waals surface area contributed by atoms with Gasteiger partial charge in [0.25, 0.3) is 0 Å². The van der Waals surface area contributed by atoms with Crippen LogP contribution in [0.2, 0.25) is 0 Å². The van der Waals surface area contributed by atoms with Gasteiger partial charge in [0.2, 0.25) is 5.91 Å². The van der Waals surface area contributed by atoms with Gasteiger partial charge in [-0.25, -0.2) is 0 Å². The van der Waals surface area contributed by atoms with Crippen LogP contribution in [0.3, 0.4) is 0 Å². The number of methoxy groups -OCH3 is 2. The van der Waals surface area contributed by atoms with E-state index in [2.05, 4.69) is 11.4 Å². The van der Waals surface area contributed by atoms with Gasteiger partial charge in [-0.05, 0) is 36.2 Å². The van der Waals surface area contributed by atoms with Gasteiger partial charge in [0, 0.05) is 18.5 Å². The molecule has 4 rings (SSSR count). The monoisotopic (exact) mass is 406 g/mol. The number of allylic oxidation sites excluding steroid dienone is 1. The number of Topliss-reactive ketones (excluding diaryl/α,β-unsaturated/α-hetero) is 1. The summed E-state index contributed by atoms with van der Waals surface area (Å²) in [5.41, 5.74) is 3.28. The van der Waals surface area contributed by atoms with Crippen molar-refractivity contribution in [2.24, 2.45) is 5.92 Å². The van der Waals surface area contributed by atoms with Crippen molar-refractivity contribution in [2.45, 2.75) is 32.2 Å². The molecule has 1 aliphatic heterocycles. The van der Waals surface area contributed by atoms with Gasteiger partial charge in [0.05, 0.1) is 37.6 Å². The zero-order valence-corrected chi connectivity index (χ0v) is 17.5. The number of carbonyl (C=O) groups is 2. The second kappa shape index (κ2) is 8.22. The Kier molecular flexibility index (Phi) is 5.48. The molecule has 0 saturated carbocycles. The Hall–Kier alpha value is -3.28. The predicted molar refractivity (Wildman–Crippen MR) is 116 cm³/mol. The zero-order chi connectivity index (χ0) is 21.3. The third kappa shape index (κ3) is 3.32. The molecule has 2 aromatic carbocycles. The maximum absolute atomic E-state index is 13.2. The van der Waals surface area contributed by atoms with Crippen molar-refractivity contribution in [1.82, 2.24) is 0 Å². The Labute approximate surface area is 176 Å². The number of amides is 1. The Morgan fingerprint density at radius 3 is 2.63 bits per heavy atom. The number of rotatable bonds is 4. The Bertz CT molecular complexity index is 1010. The first-order valence-electron chi connectivity index (χ1n) is 10.2. The molecule has 30 heavy (non-hydrogen) atoms. The summed E-state index contributed by atoms with van der Waals surface area (Å²) in [6.45, 7) is 1.84. The number of nitrogens with zero attached hydrogens (tertiary/aromatic N) is 1. The van der Waals surface area contributed by atoms with Crippen LogP contribution in [-0.4, -0.2) is 25.9 Å². The van der Waals surface area contributed by atoms with E-state index in [4.69, 9.17) is 9.47 Å². The van der Waals surface area contributed by atoms with E-state index in [1.54, 1.807) is 19.1 Å². The van der Waals surface area contributed by atoms with E-state index in [0.29, 0.717) is 30.8 Å². The third-order valence-corrected chi connectivity index (χ3v) is 5.79. The van der Waals surface area contributed by atoms with Crippen molar-refractivity contribution >= 4 is 23.1 Å². The summed E-state index contributed by atoms with van der Waals surface area (Å²) in [4.78, 5) is 28.2. The van der Waals surface area contributed by atoms with E-state index in [1.807, 2.05) is 49.4 Å². The molecule has 0 saturated heterocycles. The fourth-order valence-corrected chi connectivity index (χ4v) is 4.38. The number of nitrogens with one attached hydrogen (secondary N) is 1. The number of anilines is 2. The highest BCUT2D eigenvalue weighted by Gasteiger charge is 2.43. The average Bonchev–Trinajstić information content (AvgIpc) is 2.93. The minimum atomic E-state index is -0.479. The van der Waals surface area contributed by atoms with E-state index in [1.165, 1.54) is 0 Å². The number of para-hydroxylation sites is 2. The Morgan fingerprint density at radius 2 is 1.90 bits per heavy atom. The first kappa shape index (κ1) is 20.0. The second-order valence-corrected chi connectivity index (χ2v) is 7.46. The van der Waals surface area contributed by atoms with Gasteiger partial charge in [-0.15, -0.1) is 0 Å². The summed E-state index contributed by atoms with van der Waals surface area (Å²) in [7, 11) is 3.17. The van der Waals surface area contributed by atoms with Gasteiger partial charge in [-0.2, -0.15) is 0 Å². The zero-order valence-electron chi connectivity index (χ0n) is 17.5. The largest absolute Gasteiger partial charge is 0.493 e. The molecule has 6 nitrogen and oxygen atoms in total. The molecule has 6 heteroatoms. The molecule has 2 aliphatic rings. The molecule has 0 radical (unpaired) electrons. The van der Waals surface area contributed by atoms with Gasteiger partial charge >= 0.3 is 0 Å². The van der Waals surface area contributed by atoms with E-state index < -0.39 is 12.0 Å². The first-order valence-corrected chi connectivity index (χ1v) is 10.2. The molecule has 1 amide bonds. The molecular formula is C24H26N2O4. The first-order chi connectivity index (χ1) is 14.6. The van der Waals surface area contributed by atoms with Crippen molar-refractivity contribution in [3.63, 3.8) is 0 Å². The molecule has 1 heterocycles. The smallest absolute Gasteiger partial charge is 0.227 e. The van der Waals surface area contributed by atoms with Crippen LogP contribution in [0.5, 0.6) is 11.5 Å². The molecule has 1 aliphatic carbocycles. The van der Waals surface area contributed by atoms with Crippen LogP contribution in [-0.2, 0) is 9.59 Å². The molecule has 0 spiro atoms. The van der Waals surface area contributed by atoms with Crippen molar-refractivity contribution < 1.29 is 19.1 Å².